The summed E-state index contributed by atoms with van der Waals surface area (Å²) in [5.74, 6) is 2.76. The predicted octanol–water partition coefficient (Wildman–Crippen LogP) is 3.00. The molecule has 12 nitrogen and oxygen atoms in total. The van der Waals surface area contributed by atoms with Gasteiger partial charge in [0.05, 0.1) is 38.5 Å². The van der Waals surface area contributed by atoms with Crippen LogP contribution in [0.15, 0.2) is 43.0 Å². The van der Waals surface area contributed by atoms with Crippen molar-refractivity contribution in [2.75, 3.05) is 58.5 Å². The number of anilines is 1. The van der Waals surface area contributed by atoms with Gasteiger partial charge in [-0.25, -0.2) is 9.97 Å². The number of nitrogens with zero attached hydrogens (tertiary/aromatic N) is 6. The van der Waals surface area contributed by atoms with Crippen LogP contribution in [0, 0.1) is 5.92 Å². The molecule has 2 unspecified atom stereocenters. The van der Waals surface area contributed by atoms with Crippen molar-refractivity contribution in [3.05, 3.63) is 54.2 Å². The zero-order valence-electron chi connectivity index (χ0n) is 26.1. The highest BCUT2D eigenvalue weighted by molar-refractivity contribution is 5.80. The second-order valence-electron chi connectivity index (χ2n) is 11.6. The number of aromatic nitrogens is 4. The van der Waals surface area contributed by atoms with E-state index in [1.165, 1.54) is 0 Å². The van der Waals surface area contributed by atoms with Crippen LogP contribution in [0.1, 0.15) is 50.3 Å². The maximum atomic E-state index is 13.3. The third kappa shape index (κ3) is 7.47. The Morgan fingerprint density at radius 3 is 2.66 bits per heavy atom. The Kier molecular flexibility index (Phi) is 10.3. The van der Waals surface area contributed by atoms with Crippen LogP contribution >= 0.6 is 0 Å². The van der Waals surface area contributed by atoms with E-state index in [0.29, 0.717) is 56.8 Å². The van der Waals surface area contributed by atoms with Crippen LogP contribution in [-0.2, 0) is 20.7 Å². The van der Waals surface area contributed by atoms with Gasteiger partial charge in [-0.3, -0.25) is 14.2 Å². The Labute approximate surface area is 258 Å². The lowest BCUT2D eigenvalue weighted by Crippen LogP contribution is -2.57. The van der Waals surface area contributed by atoms with Crippen molar-refractivity contribution in [2.24, 2.45) is 5.92 Å². The van der Waals surface area contributed by atoms with Gasteiger partial charge >= 0.3 is 0 Å². The average Bonchev–Trinajstić information content (AvgIpc) is 3.78. The third-order valence-corrected chi connectivity index (χ3v) is 8.25. The van der Waals surface area contributed by atoms with Crippen molar-refractivity contribution in [1.82, 2.24) is 29.7 Å². The molecule has 0 radical (unpaired) electrons. The van der Waals surface area contributed by atoms with Gasteiger partial charge in [-0.05, 0) is 42.9 Å². The fourth-order valence-electron chi connectivity index (χ4n) is 5.74. The summed E-state index contributed by atoms with van der Waals surface area (Å²) in [7, 11) is 3.24. The molecule has 3 aromatic rings. The first kappa shape index (κ1) is 31.2. The molecule has 5 rings (SSSR count). The van der Waals surface area contributed by atoms with Crippen molar-refractivity contribution in [3.63, 3.8) is 0 Å². The van der Waals surface area contributed by atoms with Crippen LogP contribution < -0.4 is 19.7 Å². The number of nitrogens with one attached hydrogen (secondary N) is 1. The molecule has 1 N–H and O–H groups in total. The summed E-state index contributed by atoms with van der Waals surface area (Å²) < 4.78 is 18.0. The van der Waals surface area contributed by atoms with E-state index >= 15 is 0 Å². The highest BCUT2D eigenvalue weighted by Crippen LogP contribution is 2.29. The molecule has 2 aliphatic heterocycles. The summed E-state index contributed by atoms with van der Waals surface area (Å²) in [6.07, 6.45) is 7.73. The van der Waals surface area contributed by atoms with E-state index in [9.17, 15) is 9.59 Å². The Balaban J connectivity index is 1.28. The van der Waals surface area contributed by atoms with Gasteiger partial charge in [0.25, 0.3) is 0 Å². The van der Waals surface area contributed by atoms with Crippen molar-refractivity contribution >= 4 is 17.6 Å². The lowest BCUT2D eigenvalue weighted by atomic mass is 10.0. The van der Waals surface area contributed by atoms with Gasteiger partial charge in [0.15, 0.2) is 11.5 Å². The highest BCUT2D eigenvalue weighted by atomic mass is 16.5. The molecule has 0 aliphatic carbocycles. The van der Waals surface area contributed by atoms with Crippen LogP contribution in [-0.4, -0.2) is 95.9 Å². The van der Waals surface area contributed by atoms with E-state index < -0.39 is 0 Å². The number of benzene rings is 1. The number of piperazine rings is 1. The molecule has 0 saturated carbocycles. The van der Waals surface area contributed by atoms with Crippen molar-refractivity contribution < 1.29 is 23.8 Å². The molecular weight excluding hydrogens is 562 g/mol. The zero-order chi connectivity index (χ0) is 31.1. The van der Waals surface area contributed by atoms with E-state index in [4.69, 9.17) is 24.2 Å². The monoisotopic (exact) mass is 605 g/mol. The molecule has 236 valence electrons. The van der Waals surface area contributed by atoms with Crippen LogP contribution in [0.2, 0.25) is 0 Å². The van der Waals surface area contributed by atoms with Gasteiger partial charge in [0.2, 0.25) is 17.8 Å². The summed E-state index contributed by atoms with van der Waals surface area (Å²) in [6.45, 7) is 7.36. The molecular formula is C32H43N7O5. The standard InChI is InChI=1S/C32H43N7O5/c1-22(2)26-18-29(36-32(35-26)38-12-11-33-21-38)39-14-13-37(31(41)24-9-15-44-20-24)19-25(39)17-30(40)34-10-5-6-23-7-8-27(42-3)28(16-23)43-4/h7-8,11-12,16,18,21-22,24-25H,5-6,9-10,13-15,17,19-20H2,1-4H3,(H,34,40). The summed E-state index contributed by atoms with van der Waals surface area (Å²) >= 11 is 0. The van der Waals surface area contributed by atoms with Crippen LogP contribution in [0.25, 0.3) is 5.95 Å². The number of hydrogen-bond acceptors (Lipinski definition) is 9. The first-order valence-corrected chi connectivity index (χ1v) is 15.3. The maximum absolute atomic E-state index is 13.3. The van der Waals surface area contributed by atoms with Gasteiger partial charge in [-0.2, -0.15) is 4.98 Å². The number of imidazole rings is 1. The Bertz CT molecular complexity index is 1410. The van der Waals surface area contributed by atoms with E-state index in [-0.39, 0.29) is 36.1 Å². The topological polar surface area (TPSA) is 124 Å². The average molecular weight is 606 g/mol. The van der Waals surface area contributed by atoms with Crippen molar-refractivity contribution in [2.45, 2.75) is 51.5 Å². The fourth-order valence-corrected chi connectivity index (χ4v) is 5.74. The van der Waals surface area contributed by atoms with E-state index in [1.54, 1.807) is 31.3 Å². The van der Waals surface area contributed by atoms with Gasteiger partial charge in [0.1, 0.15) is 12.1 Å². The minimum atomic E-state index is -0.244. The number of hydrogen-bond donors (Lipinski definition) is 1. The quantitative estimate of drug-likeness (QED) is 0.310. The summed E-state index contributed by atoms with van der Waals surface area (Å²) in [6, 6.07) is 7.63. The number of rotatable bonds is 12. The molecule has 2 atom stereocenters. The molecule has 2 aromatic heterocycles. The predicted molar refractivity (Wildman–Crippen MR) is 165 cm³/mol. The second kappa shape index (κ2) is 14.5. The molecule has 2 saturated heterocycles. The maximum Gasteiger partial charge on any atom is 0.237 e. The molecule has 1 aromatic carbocycles. The number of aryl methyl sites for hydroxylation is 1. The molecule has 2 amide bonds. The summed E-state index contributed by atoms with van der Waals surface area (Å²) in [4.78, 5) is 44.5. The molecule has 12 heteroatoms. The van der Waals surface area contributed by atoms with Crippen LogP contribution in [0.4, 0.5) is 5.82 Å². The van der Waals surface area contributed by atoms with Gasteiger partial charge < -0.3 is 29.3 Å². The normalized spacial score (nSPS) is 18.5. The fraction of sp³-hybridized carbons (Fsp3) is 0.531. The first-order valence-electron chi connectivity index (χ1n) is 15.3. The number of carbonyl (C=O) groups excluding carboxylic acids is 2. The first-order chi connectivity index (χ1) is 21.4. The van der Waals surface area contributed by atoms with Gasteiger partial charge in [0, 0.05) is 57.7 Å². The number of methoxy groups -OCH3 is 2. The van der Waals surface area contributed by atoms with Crippen molar-refractivity contribution in [1.29, 1.82) is 0 Å². The lowest BCUT2D eigenvalue weighted by Gasteiger charge is -2.42. The number of carbonyl (C=O) groups is 2. The second-order valence-corrected chi connectivity index (χ2v) is 11.6. The molecule has 2 fully saturated rings. The molecule has 2 aliphatic rings. The Morgan fingerprint density at radius 1 is 1.11 bits per heavy atom. The van der Waals surface area contributed by atoms with E-state index in [1.807, 2.05) is 35.4 Å². The Hall–Kier alpha value is -4.19. The molecule has 4 heterocycles. The van der Waals surface area contributed by atoms with Gasteiger partial charge in [-0.1, -0.05) is 19.9 Å². The van der Waals surface area contributed by atoms with E-state index in [0.717, 1.165) is 36.3 Å². The van der Waals surface area contributed by atoms with E-state index in [2.05, 4.69) is 29.0 Å². The smallest absolute Gasteiger partial charge is 0.237 e. The van der Waals surface area contributed by atoms with Crippen LogP contribution in [0.5, 0.6) is 11.5 Å². The third-order valence-electron chi connectivity index (χ3n) is 8.25. The zero-order valence-corrected chi connectivity index (χ0v) is 26.1. The SMILES string of the molecule is COc1ccc(CCCNC(=O)CC2CN(C(=O)C3CCOC3)CCN2c2cc(C(C)C)nc(-n3ccnc3)n2)cc1OC. The minimum absolute atomic E-state index is 0.0567. The minimum Gasteiger partial charge on any atom is -0.493 e. The number of ether oxygens (including phenoxy) is 3. The summed E-state index contributed by atoms with van der Waals surface area (Å²) in [5.41, 5.74) is 2.01. The molecule has 0 spiro atoms. The van der Waals surface area contributed by atoms with Crippen molar-refractivity contribution in [3.8, 4) is 17.4 Å². The van der Waals surface area contributed by atoms with Gasteiger partial charge in [-0.15, -0.1) is 0 Å². The molecule has 44 heavy (non-hydrogen) atoms. The largest absolute Gasteiger partial charge is 0.493 e. The lowest BCUT2D eigenvalue weighted by molar-refractivity contribution is -0.137. The summed E-state index contributed by atoms with van der Waals surface area (Å²) in [5, 5.41) is 3.10. The Morgan fingerprint density at radius 2 is 1.95 bits per heavy atom. The van der Waals surface area contributed by atoms with Crippen LogP contribution in [0.3, 0.4) is 0 Å². The number of amides is 2. The highest BCUT2D eigenvalue weighted by Gasteiger charge is 2.36. The molecule has 0 bridgehead atoms.